The Balaban J connectivity index is -0.000000235. The largest absolute Gasteiger partial charge is 0.290 e. The highest BCUT2D eigenvalue weighted by molar-refractivity contribution is 5.99. The van der Waals surface area contributed by atoms with Crippen LogP contribution in [0.25, 0.3) is 0 Å². The minimum absolute atomic E-state index is 0.0833. The van der Waals surface area contributed by atoms with Gasteiger partial charge in [-0.3, -0.25) is 4.79 Å². The molecule has 0 amide bonds. The highest BCUT2D eigenvalue weighted by atomic mass is 16.1. The summed E-state index contributed by atoms with van der Waals surface area (Å²) in [5.74, 6) is 0.0833. The zero-order valence-electron chi connectivity index (χ0n) is 9.88. The maximum atomic E-state index is 10.9. The number of carbonyl (C=O) groups excluding carboxylic acids is 3. The van der Waals surface area contributed by atoms with E-state index < -0.39 is 0 Å². The number of isocyanates is 2. The molecule has 0 spiro atoms. The van der Waals surface area contributed by atoms with E-state index >= 15 is 0 Å². The zero-order chi connectivity index (χ0) is 13.6. The molecule has 0 fully saturated rings. The van der Waals surface area contributed by atoms with Gasteiger partial charge in [0.2, 0.25) is 12.2 Å². The number of rotatable bonds is 2. The lowest BCUT2D eigenvalue weighted by Gasteiger charge is -1.87. The Labute approximate surface area is 94.9 Å². The second-order valence-corrected chi connectivity index (χ2v) is 3.05. The molecule has 0 saturated heterocycles. The normalized spacial score (nSPS) is 6.25. The van der Waals surface area contributed by atoms with Gasteiger partial charge in [0.15, 0.2) is 5.78 Å². The summed E-state index contributed by atoms with van der Waals surface area (Å²) in [6, 6.07) is 0. The van der Waals surface area contributed by atoms with E-state index in [4.69, 9.17) is 20.4 Å². The van der Waals surface area contributed by atoms with Crippen molar-refractivity contribution in [1.29, 1.82) is 10.8 Å². The summed E-state index contributed by atoms with van der Waals surface area (Å²) in [7, 11) is 0. The van der Waals surface area contributed by atoms with E-state index in [2.05, 4.69) is 0 Å². The third kappa shape index (κ3) is 40.6. The van der Waals surface area contributed by atoms with Crippen LogP contribution in [0, 0.1) is 10.8 Å². The Morgan fingerprint density at radius 1 is 0.875 bits per heavy atom. The molecule has 0 rings (SSSR count). The van der Waals surface area contributed by atoms with Gasteiger partial charge in [-0.15, -0.1) is 0 Å². The number of allylic oxidation sites excluding steroid dienone is 4. The van der Waals surface area contributed by atoms with Crippen molar-refractivity contribution in [2.75, 3.05) is 0 Å². The van der Waals surface area contributed by atoms with Crippen molar-refractivity contribution in [1.82, 2.24) is 0 Å². The molecule has 5 heteroatoms. The minimum Gasteiger partial charge on any atom is -0.290 e. The van der Waals surface area contributed by atoms with E-state index in [1.165, 1.54) is 0 Å². The molecule has 0 aromatic rings. The number of nitrogens with one attached hydrogen (secondary N) is 2. The van der Waals surface area contributed by atoms with Gasteiger partial charge in [-0.1, -0.05) is 11.1 Å². The summed E-state index contributed by atoms with van der Waals surface area (Å²) in [5.41, 5.74) is 2.09. The molecule has 0 aromatic heterocycles. The van der Waals surface area contributed by atoms with Crippen LogP contribution >= 0.6 is 0 Å². The van der Waals surface area contributed by atoms with Crippen molar-refractivity contribution in [2.24, 2.45) is 0 Å². The Morgan fingerprint density at radius 3 is 1.19 bits per heavy atom. The lowest BCUT2D eigenvalue weighted by atomic mass is 10.2. The summed E-state index contributed by atoms with van der Waals surface area (Å²) in [4.78, 5) is 27.6. The Bertz CT molecular complexity index is 289. The lowest BCUT2D eigenvalue weighted by Crippen LogP contribution is -1.87. The molecule has 0 heterocycles. The van der Waals surface area contributed by atoms with Crippen LogP contribution in [0.5, 0.6) is 0 Å². The second-order valence-electron chi connectivity index (χ2n) is 3.05. The predicted molar refractivity (Wildman–Crippen MR) is 60.7 cm³/mol. The highest BCUT2D eigenvalue weighted by Crippen LogP contribution is 1.94. The van der Waals surface area contributed by atoms with Crippen LogP contribution < -0.4 is 0 Å². The van der Waals surface area contributed by atoms with Crippen LogP contribution in [0.15, 0.2) is 23.3 Å². The molecule has 0 saturated carbocycles. The van der Waals surface area contributed by atoms with E-state index in [0.717, 1.165) is 23.3 Å². The Kier molecular flexibility index (Phi) is 18.7. The standard InChI is InChI=1S/C9H14O.2CHNO/c1-7(2)5-9(10)6-8(3)4;2*2-1-3/h5-6H,1-4H3;2*2H. The van der Waals surface area contributed by atoms with E-state index in [-0.39, 0.29) is 5.78 Å². The van der Waals surface area contributed by atoms with Gasteiger partial charge in [-0.2, -0.15) is 0 Å². The summed E-state index contributed by atoms with van der Waals surface area (Å²) < 4.78 is 0. The molecule has 0 aromatic carbocycles. The van der Waals surface area contributed by atoms with Gasteiger partial charge in [0.05, 0.1) is 0 Å². The highest BCUT2D eigenvalue weighted by Gasteiger charge is 1.89. The van der Waals surface area contributed by atoms with E-state index in [0.29, 0.717) is 0 Å². The van der Waals surface area contributed by atoms with Crippen LogP contribution in [0.2, 0.25) is 0 Å². The minimum atomic E-state index is 0.0833. The number of carbonyl (C=O) groups is 1. The van der Waals surface area contributed by atoms with Crippen molar-refractivity contribution in [3.63, 3.8) is 0 Å². The molecule has 88 valence electrons. The van der Waals surface area contributed by atoms with Gasteiger partial charge in [-0.05, 0) is 39.8 Å². The molecular formula is C11H16N2O3. The van der Waals surface area contributed by atoms with Gasteiger partial charge >= 0.3 is 0 Å². The van der Waals surface area contributed by atoms with Crippen molar-refractivity contribution in [3.8, 4) is 0 Å². The number of hydrogen-bond donors (Lipinski definition) is 2. The maximum absolute atomic E-state index is 10.9. The molecule has 0 aliphatic carbocycles. The molecule has 16 heavy (non-hydrogen) atoms. The second kappa shape index (κ2) is 15.4. The first-order valence-corrected chi connectivity index (χ1v) is 4.27. The van der Waals surface area contributed by atoms with E-state index in [9.17, 15) is 4.79 Å². The van der Waals surface area contributed by atoms with Crippen LogP contribution in [0.1, 0.15) is 27.7 Å². The first-order chi connectivity index (χ1) is 7.35. The molecule has 0 aliphatic rings. The summed E-state index contributed by atoms with van der Waals surface area (Å²) >= 11 is 0. The van der Waals surface area contributed by atoms with E-state index in [1.807, 2.05) is 27.7 Å². The van der Waals surface area contributed by atoms with Gasteiger partial charge < -0.3 is 0 Å². The van der Waals surface area contributed by atoms with Gasteiger partial charge in [0, 0.05) is 0 Å². The first kappa shape index (κ1) is 19.5. The average molecular weight is 224 g/mol. The monoisotopic (exact) mass is 224 g/mol. The Hall–Kier alpha value is -2.09. The van der Waals surface area contributed by atoms with Crippen molar-refractivity contribution in [2.45, 2.75) is 27.7 Å². The molecule has 0 bridgehead atoms. The molecule has 0 aliphatic heterocycles. The molecule has 0 unspecified atom stereocenters. The third-order valence-corrected chi connectivity index (χ3v) is 0.862. The molecule has 0 radical (unpaired) electrons. The van der Waals surface area contributed by atoms with Crippen LogP contribution in [0.3, 0.4) is 0 Å². The SMILES string of the molecule is CC(C)=CC(=O)C=C(C)C.N=C=O.N=C=O. The summed E-state index contributed by atoms with van der Waals surface area (Å²) in [6.07, 6.45) is 4.76. The molecule has 0 atom stereocenters. The topological polar surface area (TPSA) is 98.9 Å². The fraction of sp³-hybridized carbons (Fsp3) is 0.364. The number of ketones is 1. The van der Waals surface area contributed by atoms with Crippen molar-refractivity contribution < 1.29 is 14.4 Å². The zero-order valence-corrected chi connectivity index (χ0v) is 9.88. The lowest BCUT2D eigenvalue weighted by molar-refractivity contribution is -0.110. The molecular weight excluding hydrogens is 208 g/mol. The predicted octanol–water partition coefficient (Wildman–Crippen LogP) is 2.29. The third-order valence-electron chi connectivity index (χ3n) is 0.862. The smallest absolute Gasteiger partial charge is 0.231 e. The molecule has 5 nitrogen and oxygen atoms in total. The van der Waals surface area contributed by atoms with Gasteiger partial charge in [0.1, 0.15) is 0 Å². The summed E-state index contributed by atoms with van der Waals surface area (Å²) in [6.45, 7) is 7.65. The summed E-state index contributed by atoms with van der Waals surface area (Å²) in [5, 5.41) is 10.8. The number of hydrogen-bond acceptors (Lipinski definition) is 5. The first-order valence-electron chi connectivity index (χ1n) is 4.27. The molecule has 2 N–H and O–H groups in total. The van der Waals surface area contributed by atoms with Crippen molar-refractivity contribution >= 4 is 17.9 Å². The van der Waals surface area contributed by atoms with E-state index in [1.54, 1.807) is 12.2 Å². The van der Waals surface area contributed by atoms with Crippen LogP contribution in [0.4, 0.5) is 0 Å². The van der Waals surface area contributed by atoms with Crippen LogP contribution in [-0.2, 0) is 14.4 Å². The maximum Gasteiger partial charge on any atom is 0.231 e. The average Bonchev–Trinajstić information content (AvgIpc) is 2.02. The Morgan fingerprint density at radius 2 is 1.06 bits per heavy atom. The van der Waals surface area contributed by atoms with Gasteiger partial charge in [0.25, 0.3) is 0 Å². The fourth-order valence-corrected chi connectivity index (χ4v) is 0.611. The fourth-order valence-electron chi connectivity index (χ4n) is 0.611. The quantitative estimate of drug-likeness (QED) is 0.427. The van der Waals surface area contributed by atoms with Gasteiger partial charge in [-0.25, -0.2) is 20.4 Å². The van der Waals surface area contributed by atoms with Crippen LogP contribution in [-0.4, -0.2) is 17.9 Å². The van der Waals surface area contributed by atoms with Crippen molar-refractivity contribution in [3.05, 3.63) is 23.3 Å².